The molecule has 1 saturated heterocycles. The molecule has 1 aromatic heterocycles. The lowest BCUT2D eigenvalue weighted by molar-refractivity contribution is 0.446. The van der Waals surface area contributed by atoms with Crippen molar-refractivity contribution in [3.05, 3.63) is 15.6 Å². The Labute approximate surface area is 70.7 Å². The molecule has 2 heterocycles. The van der Waals surface area contributed by atoms with Crippen LogP contribution in [0.25, 0.3) is 0 Å². The highest BCUT2D eigenvalue weighted by molar-refractivity contribution is 7.11. The minimum absolute atomic E-state index is 0.701. The molecule has 0 spiro atoms. The smallest absolute Gasteiger partial charge is 0.0987 e. The normalized spacial score (nSPS) is 18.4. The second-order valence-corrected chi connectivity index (χ2v) is 4.28. The summed E-state index contributed by atoms with van der Waals surface area (Å²) in [6.07, 6.45) is 0. The molecule has 0 unspecified atom stereocenters. The van der Waals surface area contributed by atoms with Gasteiger partial charge < -0.3 is 5.32 Å². The van der Waals surface area contributed by atoms with E-state index in [0.29, 0.717) is 5.92 Å². The summed E-state index contributed by atoms with van der Waals surface area (Å²) in [5.41, 5.74) is 1.21. The van der Waals surface area contributed by atoms with Crippen molar-refractivity contribution in [3.63, 3.8) is 0 Å². The number of hydrogen-bond acceptors (Lipinski definition) is 3. The number of nitrogens with zero attached hydrogens (tertiary/aromatic N) is 1. The molecule has 0 atom stereocenters. The predicted octanol–water partition coefficient (Wildman–Crippen LogP) is 1.45. The number of rotatable bonds is 1. The highest BCUT2D eigenvalue weighted by Crippen LogP contribution is 2.26. The fourth-order valence-electron chi connectivity index (χ4n) is 1.14. The largest absolute Gasteiger partial charge is 0.315 e. The van der Waals surface area contributed by atoms with Crippen LogP contribution < -0.4 is 5.32 Å². The maximum Gasteiger partial charge on any atom is 0.0987 e. The van der Waals surface area contributed by atoms with Crippen LogP contribution in [0.4, 0.5) is 0 Å². The van der Waals surface area contributed by atoms with Gasteiger partial charge in [0.2, 0.25) is 0 Å². The van der Waals surface area contributed by atoms with Crippen molar-refractivity contribution in [1.82, 2.24) is 10.3 Å². The van der Waals surface area contributed by atoms with Crippen molar-refractivity contribution in [2.24, 2.45) is 0 Å². The summed E-state index contributed by atoms with van der Waals surface area (Å²) in [6.45, 7) is 6.46. The van der Waals surface area contributed by atoms with Gasteiger partial charge in [0.1, 0.15) is 0 Å². The molecule has 1 aromatic rings. The van der Waals surface area contributed by atoms with Crippen molar-refractivity contribution in [2.75, 3.05) is 13.1 Å². The highest BCUT2D eigenvalue weighted by atomic mass is 32.1. The summed E-state index contributed by atoms with van der Waals surface area (Å²) in [4.78, 5) is 5.88. The monoisotopic (exact) mass is 168 g/mol. The van der Waals surface area contributed by atoms with Crippen LogP contribution in [0.15, 0.2) is 0 Å². The maximum absolute atomic E-state index is 4.51. The Bertz CT molecular complexity index is 244. The quantitative estimate of drug-likeness (QED) is 0.686. The SMILES string of the molecule is Cc1nc(C2CNC2)sc1C. The average molecular weight is 168 g/mol. The van der Waals surface area contributed by atoms with Crippen molar-refractivity contribution >= 4 is 11.3 Å². The van der Waals surface area contributed by atoms with Crippen LogP contribution in [0, 0.1) is 13.8 Å². The summed E-state index contributed by atoms with van der Waals surface area (Å²) < 4.78 is 0. The summed E-state index contributed by atoms with van der Waals surface area (Å²) >= 11 is 1.85. The zero-order valence-corrected chi connectivity index (χ0v) is 7.66. The van der Waals surface area contributed by atoms with Gasteiger partial charge in [-0.25, -0.2) is 4.98 Å². The first-order valence-corrected chi connectivity index (χ1v) is 4.73. The Balaban J connectivity index is 2.24. The lowest BCUT2D eigenvalue weighted by Crippen LogP contribution is -2.39. The van der Waals surface area contributed by atoms with Crippen LogP contribution >= 0.6 is 11.3 Å². The Kier molecular flexibility index (Phi) is 1.69. The third-order valence-electron chi connectivity index (χ3n) is 2.18. The van der Waals surface area contributed by atoms with E-state index in [-0.39, 0.29) is 0 Å². The van der Waals surface area contributed by atoms with Crippen LogP contribution in [0.2, 0.25) is 0 Å². The fraction of sp³-hybridized carbons (Fsp3) is 0.625. The zero-order chi connectivity index (χ0) is 7.84. The summed E-state index contributed by atoms with van der Waals surface area (Å²) in [5, 5.41) is 4.57. The van der Waals surface area contributed by atoms with E-state index in [0.717, 1.165) is 13.1 Å². The van der Waals surface area contributed by atoms with Gasteiger partial charge in [-0.3, -0.25) is 0 Å². The summed E-state index contributed by atoms with van der Waals surface area (Å²) in [6, 6.07) is 0. The van der Waals surface area contributed by atoms with Crippen LogP contribution in [0.1, 0.15) is 21.5 Å². The first-order valence-electron chi connectivity index (χ1n) is 3.92. The van der Waals surface area contributed by atoms with Crippen molar-refractivity contribution in [2.45, 2.75) is 19.8 Å². The number of hydrogen-bond donors (Lipinski definition) is 1. The second-order valence-electron chi connectivity index (χ2n) is 3.05. The Morgan fingerprint density at radius 1 is 1.45 bits per heavy atom. The molecule has 11 heavy (non-hydrogen) atoms. The first-order chi connectivity index (χ1) is 5.27. The Morgan fingerprint density at radius 2 is 2.18 bits per heavy atom. The van der Waals surface area contributed by atoms with Gasteiger partial charge in [0.15, 0.2) is 0 Å². The second kappa shape index (κ2) is 2.57. The van der Waals surface area contributed by atoms with E-state index in [1.54, 1.807) is 0 Å². The molecule has 0 bridgehead atoms. The van der Waals surface area contributed by atoms with Crippen LogP contribution in [-0.4, -0.2) is 18.1 Å². The standard InChI is InChI=1S/C8H12N2S/c1-5-6(2)11-8(10-5)7-3-9-4-7/h7,9H,3-4H2,1-2H3. The molecule has 1 N–H and O–H groups in total. The van der Waals surface area contributed by atoms with E-state index in [1.165, 1.54) is 15.6 Å². The van der Waals surface area contributed by atoms with E-state index in [1.807, 2.05) is 11.3 Å². The number of aromatic nitrogens is 1. The number of thiazole rings is 1. The Hall–Kier alpha value is -0.410. The molecule has 1 aliphatic heterocycles. The zero-order valence-electron chi connectivity index (χ0n) is 6.85. The number of aryl methyl sites for hydroxylation is 2. The van der Waals surface area contributed by atoms with Crippen LogP contribution in [0.3, 0.4) is 0 Å². The molecule has 0 saturated carbocycles. The summed E-state index contributed by atoms with van der Waals surface area (Å²) in [5.74, 6) is 0.701. The molecule has 1 aliphatic rings. The molecule has 60 valence electrons. The third-order valence-corrected chi connectivity index (χ3v) is 3.41. The molecule has 1 fully saturated rings. The van der Waals surface area contributed by atoms with Gasteiger partial charge in [-0.15, -0.1) is 11.3 Å². The van der Waals surface area contributed by atoms with E-state index in [4.69, 9.17) is 0 Å². The van der Waals surface area contributed by atoms with Gasteiger partial charge in [-0.2, -0.15) is 0 Å². The minimum Gasteiger partial charge on any atom is -0.315 e. The maximum atomic E-state index is 4.51. The molecule has 0 radical (unpaired) electrons. The van der Waals surface area contributed by atoms with Gasteiger partial charge in [0.25, 0.3) is 0 Å². The minimum atomic E-state index is 0.701. The van der Waals surface area contributed by atoms with E-state index < -0.39 is 0 Å². The lowest BCUT2D eigenvalue weighted by Gasteiger charge is -2.24. The van der Waals surface area contributed by atoms with Crippen molar-refractivity contribution in [1.29, 1.82) is 0 Å². The molecular weight excluding hydrogens is 156 g/mol. The van der Waals surface area contributed by atoms with E-state index in [2.05, 4.69) is 24.1 Å². The molecule has 2 nitrogen and oxygen atoms in total. The van der Waals surface area contributed by atoms with E-state index in [9.17, 15) is 0 Å². The molecule has 3 heteroatoms. The van der Waals surface area contributed by atoms with Crippen LogP contribution in [-0.2, 0) is 0 Å². The Morgan fingerprint density at radius 3 is 2.55 bits per heavy atom. The first kappa shape index (κ1) is 7.25. The van der Waals surface area contributed by atoms with Crippen LogP contribution in [0.5, 0.6) is 0 Å². The van der Waals surface area contributed by atoms with Gasteiger partial charge in [-0.1, -0.05) is 0 Å². The van der Waals surface area contributed by atoms with E-state index >= 15 is 0 Å². The molecule has 0 aromatic carbocycles. The van der Waals surface area contributed by atoms with Crippen molar-refractivity contribution in [3.8, 4) is 0 Å². The summed E-state index contributed by atoms with van der Waals surface area (Å²) in [7, 11) is 0. The fourth-order valence-corrected chi connectivity index (χ4v) is 2.16. The van der Waals surface area contributed by atoms with Gasteiger partial charge in [0, 0.05) is 23.9 Å². The molecule has 2 rings (SSSR count). The third kappa shape index (κ3) is 1.19. The lowest BCUT2D eigenvalue weighted by atomic mass is 10.1. The molecule has 0 amide bonds. The van der Waals surface area contributed by atoms with Crippen molar-refractivity contribution < 1.29 is 0 Å². The van der Waals surface area contributed by atoms with Gasteiger partial charge >= 0.3 is 0 Å². The number of nitrogens with one attached hydrogen (secondary N) is 1. The van der Waals surface area contributed by atoms with Gasteiger partial charge in [-0.05, 0) is 13.8 Å². The molecule has 0 aliphatic carbocycles. The predicted molar refractivity (Wildman–Crippen MR) is 47.2 cm³/mol. The highest BCUT2D eigenvalue weighted by Gasteiger charge is 2.22. The molecular formula is C8H12N2S. The topological polar surface area (TPSA) is 24.9 Å². The average Bonchev–Trinajstić information content (AvgIpc) is 2.08. The van der Waals surface area contributed by atoms with Gasteiger partial charge in [0.05, 0.1) is 10.7 Å².